The lowest BCUT2D eigenvalue weighted by Crippen LogP contribution is -2.42. The molecule has 1 aliphatic rings. The van der Waals surface area contributed by atoms with Gasteiger partial charge in [-0.05, 0) is 60.7 Å². The van der Waals surface area contributed by atoms with Crippen molar-refractivity contribution in [2.24, 2.45) is 11.8 Å². The highest BCUT2D eigenvalue weighted by atomic mass is 32.2. The molecular formula is C19H22F2N2O4S2. The highest BCUT2D eigenvalue weighted by Gasteiger charge is 2.31. The fourth-order valence-corrected chi connectivity index (χ4v) is 6.37. The van der Waals surface area contributed by atoms with E-state index in [0.29, 0.717) is 19.2 Å². The fourth-order valence-electron chi connectivity index (χ4n) is 3.54. The molecule has 0 aliphatic carbocycles. The van der Waals surface area contributed by atoms with E-state index in [1.165, 1.54) is 28.6 Å². The minimum absolute atomic E-state index is 0.0352. The maximum absolute atomic E-state index is 13.8. The molecule has 2 aromatic rings. The van der Waals surface area contributed by atoms with Crippen LogP contribution in [0, 0.1) is 23.5 Å². The molecule has 0 amide bonds. The van der Waals surface area contributed by atoms with E-state index in [1.807, 2.05) is 13.8 Å². The summed E-state index contributed by atoms with van der Waals surface area (Å²) in [6, 6.07) is 7.25. The average molecular weight is 445 g/mol. The van der Waals surface area contributed by atoms with E-state index in [-0.39, 0.29) is 22.4 Å². The molecule has 1 heterocycles. The molecule has 158 valence electrons. The van der Waals surface area contributed by atoms with Gasteiger partial charge in [-0.1, -0.05) is 13.8 Å². The van der Waals surface area contributed by atoms with E-state index < -0.39 is 36.6 Å². The van der Waals surface area contributed by atoms with Gasteiger partial charge in [-0.3, -0.25) is 4.72 Å². The first-order chi connectivity index (χ1) is 13.5. The van der Waals surface area contributed by atoms with Crippen LogP contribution >= 0.6 is 0 Å². The van der Waals surface area contributed by atoms with Gasteiger partial charge in [0.05, 0.1) is 4.90 Å². The van der Waals surface area contributed by atoms with Gasteiger partial charge in [-0.2, -0.15) is 4.31 Å². The van der Waals surface area contributed by atoms with Gasteiger partial charge < -0.3 is 0 Å². The summed E-state index contributed by atoms with van der Waals surface area (Å²) in [7, 11) is -8.08. The van der Waals surface area contributed by atoms with Crippen LogP contribution in [0.4, 0.5) is 14.5 Å². The number of nitrogens with one attached hydrogen (secondary N) is 1. The zero-order valence-electron chi connectivity index (χ0n) is 16.0. The molecule has 6 nitrogen and oxygen atoms in total. The summed E-state index contributed by atoms with van der Waals surface area (Å²) < 4.78 is 81.1. The Labute approximate surface area is 169 Å². The molecule has 0 saturated carbocycles. The third-order valence-corrected chi connectivity index (χ3v) is 8.00. The van der Waals surface area contributed by atoms with Crippen LogP contribution in [-0.2, 0) is 20.0 Å². The summed E-state index contributed by atoms with van der Waals surface area (Å²) >= 11 is 0. The van der Waals surface area contributed by atoms with Crippen molar-refractivity contribution in [1.82, 2.24) is 4.31 Å². The molecule has 0 bridgehead atoms. The monoisotopic (exact) mass is 444 g/mol. The number of hydrogen-bond acceptors (Lipinski definition) is 4. The van der Waals surface area contributed by atoms with Crippen molar-refractivity contribution in [3.63, 3.8) is 0 Å². The molecule has 10 heteroatoms. The van der Waals surface area contributed by atoms with Crippen LogP contribution in [0.15, 0.2) is 52.3 Å². The van der Waals surface area contributed by atoms with Crippen molar-refractivity contribution in [1.29, 1.82) is 0 Å². The third kappa shape index (κ3) is 4.76. The molecule has 1 saturated heterocycles. The fraction of sp³-hybridized carbons (Fsp3) is 0.368. The summed E-state index contributed by atoms with van der Waals surface area (Å²) in [6.45, 7) is 4.86. The number of piperidine rings is 1. The van der Waals surface area contributed by atoms with E-state index in [2.05, 4.69) is 4.72 Å². The van der Waals surface area contributed by atoms with Crippen LogP contribution in [-0.4, -0.2) is 34.2 Å². The minimum atomic E-state index is -4.37. The molecule has 29 heavy (non-hydrogen) atoms. The number of nitrogens with zero attached hydrogens (tertiary/aromatic N) is 1. The first-order valence-corrected chi connectivity index (χ1v) is 12.0. The molecule has 3 rings (SSSR count). The summed E-state index contributed by atoms with van der Waals surface area (Å²) in [5, 5.41) is 0. The number of sulfonamides is 2. The molecular weight excluding hydrogens is 422 g/mol. The van der Waals surface area contributed by atoms with E-state index in [1.54, 1.807) is 0 Å². The molecule has 2 unspecified atom stereocenters. The van der Waals surface area contributed by atoms with E-state index >= 15 is 0 Å². The van der Waals surface area contributed by atoms with Crippen LogP contribution in [0.2, 0.25) is 0 Å². The molecule has 0 radical (unpaired) electrons. The standard InChI is InChI=1S/C19H22F2N2O4S2/c1-13-9-14(2)12-23(11-13)29(26,27)17-6-4-16(5-7-17)22-28(24,25)19-10-15(20)3-8-18(19)21/h3-8,10,13-14,22H,9,11-12H2,1-2H3. The van der Waals surface area contributed by atoms with Crippen molar-refractivity contribution >= 4 is 25.7 Å². The van der Waals surface area contributed by atoms with Crippen LogP contribution in [0.3, 0.4) is 0 Å². The van der Waals surface area contributed by atoms with Gasteiger partial charge in [-0.25, -0.2) is 25.6 Å². The SMILES string of the molecule is CC1CC(C)CN(S(=O)(=O)c2ccc(NS(=O)(=O)c3cc(F)ccc3F)cc2)C1. The number of rotatable bonds is 5. The largest absolute Gasteiger partial charge is 0.280 e. The molecule has 2 atom stereocenters. The Hall–Kier alpha value is -2.04. The van der Waals surface area contributed by atoms with Crippen molar-refractivity contribution < 1.29 is 25.6 Å². The van der Waals surface area contributed by atoms with Gasteiger partial charge >= 0.3 is 0 Å². The van der Waals surface area contributed by atoms with Gasteiger partial charge in [0.25, 0.3) is 10.0 Å². The number of anilines is 1. The highest BCUT2D eigenvalue weighted by molar-refractivity contribution is 7.92. The molecule has 2 aromatic carbocycles. The Balaban J connectivity index is 1.82. The van der Waals surface area contributed by atoms with Crippen molar-refractivity contribution in [2.45, 2.75) is 30.1 Å². The lowest BCUT2D eigenvalue weighted by Gasteiger charge is -2.34. The first-order valence-electron chi connectivity index (χ1n) is 9.07. The first kappa shape index (κ1) is 21.7. The second-order valence-corrected chi connectivity index (χ2v) is 11.1. The molecule has 0 aromatic heterocycles. The van der Waals surface area contributed by atoms with Gasteiger partial charge in [-0.15, -0.1) is 0 Å². The predicted octanol–water partition coefficient (Wildman–Crippen LogP) is 3.43. The summed E-state index contributed by atoms with van der Waals surface area (Å²) in [6.07, 6.45) is 0.962. The predicted molar refractivity (Wildman–Crippen MR) is 105 cm³/mol. The van der Waals surface area contributed by atoms with Gasteiger partial charge in [0.2, 0.25) is 10.0 Å². The Bertz CT molecular complexity index is 1090. The Kier molecular flexibility index (Phi) is 5.98. The van der Waals surface area contributed by atoms with Gasteiger partial charge in [0.1, 0.15) is 16.5 Å². The van der Waals surface area contributed by atoms with Crippen molar-refractivity contribution in [3.05, 3.63) is 54.1 Å². The molecule has 1 fully saturated rings. The van der Waals surface area contributed by atoms with Gasteiger partial charge in [0, 0.05) is 18.8 Å². The van der Waals surface area contributed by atoms with Gasteiger partial charge in [0.15, 0.2) is 0 Å². The smallest absolute Gasteiger partial charge is 0.264 e. The van der Waals surface area contributed by atoms with E-state index in [4.69, 9.17) is 0 Å². The Morgan fingerprint density at radius 2 is 1.52 bits per heavy atom. The Morgan fingerprint density at radius 3 is 2.10 bits per heavy atom. The lowest BCUT2D eigenvalue weighted by atomic mass is 9.94. The van der Waals surface area contributed by atoms with Crippen LogP contribution in [0.1, 0.15) is 20.3 Å². The zero-order chi connectivity index (χ0) is 21.4. The van der Waals surface area contributed by atoms with Crippen LogP contribution < -0.4 is 4.72 Å². The zero-order valence-corrected chi connectivity index (χ0v) is 17.6. The maximum atomic E-state index is 13.8. The number of hydrogen-bond donors (Lipinski definition) is 1. The maximum Gasteiger partial charge on any atom is 0.264 e. The number of benzene rings is 2. The molecule has 0 spiro atoms. The summed E-state index contributed by atoms with van der Waals surface area (Å²) in [5.41, 5.74) is 0.0352. The minimum Gasteiger partial charge on any atom is -0.280 e. The average Bonchev–Trinajstić information content (AvgIpc) is 2.63. The topological polar surface area (TPSA) is 83.6 Å². The quantitative estimate of drug-likeness (QED) is 0.766. The lowest BCUT2D eigenvalue weighted by molar-refractivity contribution is 0.222. The van der Waals surface area contributed by atoms with Crippen LogP contribution in [0.5, 0.6) is 0 Å². The van der Waals surface area contributed by atoms with Crippen molar-refractivity contribution in [3.8, 4) is 0 Å². The van der Waals surface area contributed by atoms with E-state index in [9.17, 15) is 25.6 Å². The number of halogens is 2. The summed E-state index contributed by atoms with van der Waals surface area (Å²) in [5.74, 6) is -1.48. The highest BCUT2D eigenvalue weighted by Crippen LogP contribution is 2.28. The molecule has 1 N–H and O–H groups in total. The van der Waals surface area contributed by atoms with Crippen molar-refractivity contribution in [2.75, 3.05) is 17.8 Å². The van der Waals surface area contributed by atoms with Crippen LogP contribution in [0.25, 0.3) is 0 Å². The second-order valence-electron chi connectivity index (χ2n) is 7.47. The normalized spacial score (nSPS) is 21.1. The third-order valence-electron chi connectivity index (χ3n) is 4.76. The second kappa shape index (κ2) is 8.00. The molecule has 1 aliphatic heterocycles. The van der Waals surface area contributed by atoms with E-state index in [0.717, 1.165) is 18.6 Å². The Morgan fingerprint density at radius 1 is 0.931 bits per heavy atom. The summed E-state index contributed by atoms with van der Waals surface area (Å²) in [4.78, 5) is -0.788.